The highest BCUT2D eigenvalue weighted by Crippen LogP contribution is 2.31. The summed E-state index contributed by atoms with van der Waals surface area (Å²) in [6.45, 7) is 2.06. The molecule has 1 aliphatic rings. The lowest BCUT2D eigenvalue weighted by Gasteiger charge is -2.31. The van der Waals surface area contributed by atoms with E-state index in [0.29, 0.717) is 11.5 Å². The van der Waals surface area contributed by atoms with E-state index in [2.05, 4.69) is 5.32 Å². The van der Waals surface area contributed by atoms with Gasteiger partial charge in [0, 0.05) is 0 Å². The second-order valence-electron chi connectivity index (χ2n) is 6.82. The molecule has 7 nitrogen and oxygen atoms in total. The number of halogens is 2. The fourth-order valence-corrected chi connectivity index (χ4v) is 4.56. The quantitative estimate of drug-likeness (QED) is 0.692. The number of benzene rings is 2. The number of carbonyl (C=O) groups excluding carboxylic acids is 1. The predicted molar refractivity (Wildman–Crippen MR) is 112 cm³/mol. The molecule has 0 saturated heterocycles. The number of nitrogens with one attached hydrogen (secondary N) is 1. The van der Waals surface area contributed by atoms with Crippen molar-refractivity contribution in [3.05, 3.63) is 53.3 Å². The first-order chi connectivity index (χ1) is 14.2. The number of para-hydroxylation sites is 2. The van der Waals surface area contributed by atoms with Crippen molar-refractivity contribution in [3.8, 4) is 11.5 Å². The average molecular weight is 457 g/mol. The van der Waals surface area contributed by atoms with Gasteiger partial charge < -0.3 is 14.8 Å². The minimum Gasteiger partial charge on any atom is -0.486 e. The van der Waals surface area contributed by atoms with Crippen LogP contribution in [0.3, 0.4) is 0 Å². The van der Waals surface area contributed by atoms with Crippen LogP contribution >= 0.6 is 11.6 Å². The van der Waals surface area contributed by atoms with Gasteiger partial charge in [-0.2, -0.15) is 0 Å². The molecule has 1 aliphatic heterocycles. The molecule has 2 atom stereocenters. The predicted octanol–water partition coefficient (Wildman–Crippen LogP) is 2.98. The van der Waals surface area contributed by atoms with Gasteiger partial charge in [-0.25, -0.2) is 12.8 Å². The van der Waals surface area contributed by atoms with Crippen molar-refractivity contribution < 1.29 is 27.1 Å². The van der Waals surface area contributed by atoms with E-state index < -0.39 is 33.9 Å². The van der Waals surface area contributed by atoms with Crippen LogP contribution in [0.15, 0.2) is 42.5 Å². The molecule has 10 heteroatoms. The first-order valence-corrected chi connectivity index (χ1v) is 11.5. The highest BCUT2D eigenvalue weighted by Gasteiger charge is 2.32. The van der Waals surface area contributed by atoms with Crippen LogP contribution in [0, 0.1) is 5.82 Å². The number of amides is 1. The lowest BCUT2D eigenvalue weighted by Crippen LogP contribution is -2.51. The summed E-state index contributed by atoms with van der Waals surface area (Å²) in [5, 5.41) is 2.49. The number of fused-ring (bicyclic) bond motifs is 1. The summed E-state index contributed by atoms with van der Waals surface area (Å²) in [4.78, 5) is 12.9. The molecule has 0 spiro atoms. The van der Waals surface area contributed by atoms with Crippen LogP contribution in [0.25, 0.3) is 0 Å². The molecule has 0 aliphatic carbocycles. The maximum absolute atomic E-state index is 13.5. The van der Waals surface area contributed by atoms with Gasteiger partial charge in [0.1, 0.15) is 24.6 Å². The molecule has 0 aromatic heterocycles. The molecule has 0 fully saturated rings. The van der Waals surface area contributed by atoms with E-state index >= 15 is 0 Å². The summed E-state index contributed by atoms with van der Waals surface area (Å²) < 4.78 is 50.8. The Balaban J connectivity index is 1.74. The molecule has 1 amide bonds. The van der Waals surface area contributed by atoms with Crippen molar-refractivity contribution >= 4 is 33.2 Å². The number of hydrogen-bond donors (Lipinski definition) is 1. The largest absolute Gasteiger partial charge is 0.486 e. The molecule has 0 saturated carbocycles. The highest BCUT2D eigenvalue weighted by molar-refractivity contribution is 7.92. The third kappa shape index (κ3) is 4.96. The monoisotopic (exact) mass is 456 g/mol. The Morgan fingerprint density at radius 3 is 2.63 bits per heavy atom. The smallest absolute Gasteiger partial charge is 0.244 e. The van der Waals surface area contributed by atoms with E-state index in [9.17, 15) is 17.6 Å². The van der Waals surface area contributed by atoms with Crippen molar-refractivity contribution in [2.75, 3.05) is 23.7 Å². The van der Waals surface area contributed by atoms with Crippen molar-refractivity contribution in [1.29, 1.82) is 0 Å². The lowest BCUT2D eigenvalue weighted by molar-refractivity contribution is -0.122. The van der Waals surface area contributed by atoms with Gasteiger partial charge in [-0.1, -0.05) is 30.7 Å². The van der Waals surface area contributed by atoms with E-state index in [0.717, 1.165) is 16.6 Å². The van der Waals surface area contributed by atoms with Gasteiger partial charge >= 0.3 is 0 Å². The van der Waals surface area contributed by atoms with Crippen molar-refractivity contribution in [2.45, 2.75) is 25.5 Å². The maximum atomic E-state index is 13.5. The Bertz CT molecular complexity index is 1030. The van der Waals surface area contributed by atoms with Crippen LogP contribution in [-0.2, 0) is 14.8 Å². The van der Waals surface area contributed by atoms with E-state index in [1.165, 1.54) is 12.1 Å². The Kier molecular flexibility index (Phi) is 6.72. The van der Waals surface area contributed by atoms with E-state index in [4.69, 9.17) is 21.1 Å². The summed E-state index contributed by atoms with van der Waals surface area (Å²) in [6, 6.07) is 9.67. The summed E-state index contributed by atoms with van der Waals surface area (Å²) in [6.07, 6.45) is 0.752. The number of hydrogen-bond acceptors (Lipinski definition) is 5. The number of nitrogens with zero attached hydrogens (tertiary/aromatic N) is 1. The van der Waals surface area contributed by atoms with Crippen LogP contribution in [0.4, 0.5) is 10.1 Å². The third-order valence-corrected chi connectivity index (χ3v) is 6.03. The second-order valence-corrected chi connectivity index (χ2v) is 9.09. The lowest BCUT2D eigenvalue weighted by atomic mass is 10.2. The zero-order valence-corrected chi connectivity index (χ0v) is 18.0. The first-order valence-electron chi connectivity index (χ1n) is 9.31. The highest BCUT2D eigenvalue weighted by atomic mass is 35.5. The molecule has 2 aromatic rings. The Morgan fingerprint density at radius 1 is 1.30 bits per heavy atom. The van der Waals surface area contributed by atoms with Gasteiger partial charge in [0.05, 0.1) is 23.5 Å². The van der Waals surface area contributed by atoms with Crippen LogP contribution in [-0.4, -0.2) is 45.9 Å². The normalized spacial score (nSPS) is 16.6. The maximum Gasteiger partial charge on any atom is 0.244 e. The Labute approximate surface area is 179 Å². The first kappa shape index (κ1) is 22.2. The van der Waals surface area contributed by atoms with Crippen LogP contribution in [0.2, 0.25) is 5.02 Å². The van der Waals surface area contributed by atoms with Crippen LogP contribution in [0.1, 0.15) is 13.3 Å². The van der Waals surface area contributed by atoms with Crippen molar-refractivity contribution in [2.24, 2.45) is 0 Å². The molecular formula is C20H22ClFN2O5S. The van der Waals surface area contributed by atoms with Crippen LogP contribution < -0.4 is 19.1 Å². The summed E-state index contributed by atoms with van der Waals surface area (Å²) in [7, 11) is -3.85. The van der Waals surface area contributed by atoms with Gasteiger partial charge in [0.2, 0.25) is 15.9 Å². The van der Waals surface area contributed by atoms with Gasteiger partial charge in [-0.05, 0) is 36.8 Å². The number of rotatable bonds is 7. The molecule has 30 heavy (non-hydrogen) atoms. The molecule has 3 rings (SSSR count). The second kappa shape index (κ2) is 9.09. The molecule has 162 valence electrons. The summed E-state index contributed by atoms with van der Waals surface area (Å²) in [5.74, 6) is 0.0173. The van der Waals surface area contributed by atoms with Crippen LogP contribution in [0.5, 0.6) is 11.5 Å². The molecule has 0 unspecified atom stereocenters. The Hall–Kier alpha value is -2.52. The molecule has 1 heterocycles. The topological polar surface area (TPSA) is 84.9 Å². The SMILES string of the molecule is CC[C@@H](C(=O)NC[C@H]1COc2ccccc2O1)N(c1ccc(F)c(Cl)c1)S(C)(=O)=O. The molecule has 0 radical (unpaired) electrons. The van der Waals surface area contributed by atoms with E-state index in [1.807, 2.05) is 12.1 Å². The molecule has 1 N–H and O–H groups in total. The van der Waals surface area contributed by atoms with Gasteiger partial charge in [-0.15, -0.1) is 0 Å². The van der Waals surface area contributed by atoms with Gasteiger partial charge in [-0.3, -0.25) is 9.10 Å². The standard InChI is InChI=1S/C20H22ClFN2O5S/c1-3-17(24(30(2,26)27)13-8-9-16(22)15(21)10-13)20(25)23-11-14-12-28-18-6-4-5-7-19(18)29-14/h4-10,14,17H,3,11-12H2,1-2H3,(H,23,25)/t14-,17-/m0/s1. The minimum atomic E-state index is -3.85. The minimum absolute atomic E-state index is 0.108. The fraction of sp³-hybridized carbons (Fsp3) is 0.350. The van der Waals surface area contributed by atoms with E-state index in [-0.39, 0.29) is 30.3 Å². The van der Waals surface area contributed by atoms with E-state index in [1.54, 1.807) is 19.1 Å². The van der Waals surface area contributed by atoms with Crippen molar-refractivity contribution in [3.63, 3.8) is 0 Å². The van der Waals surface area contributed by atoms with Crippen molar-refractivity contribution in [1.82, 2.24) is 5.32 Å². The third-order valence-electron chi connectivity index (χ3n) is 4.56. The molecule has 2 aromatic carbocycles. The number of sulfonamides is 1. The average Bonchev–Trinajstić information content (AvgIpc) is 2.71. The fourth-order valence-electron chi connectivity index (χ4n) is 3.18. The number of anilines is 1. The summed E-state index contributed by atoms with van der Waals surface area (Å²) in [5.41, 5.74) is 0.108. The molecular weight excluding hydrogens is 435 g/mol. The van der Waals surface area contributed by atoms with Gasteiger partial charge in [0.15, 0.2) is 11.5 Å². The Morgan fingerprint density at radius 2 is 2.00 bits per heavy atom. The zero-order chi connectivity index (χ0) is 21.9. The molecule has 0 bridgehead atoms. The zero-order valence-electron chi connectivity index (χ0n) is 16.5. The number of ether oxygens (including phenoxy) is 2. The number of carbonyl (C=O) groups is 1. The van der Waals surface area contributed by atoms with Gasteiger partial charge in [0.25, 0.3) is 0 Å². The summed E-state index contributed by atoms with van der Waals surface area (Å²) >= 11 is 5.81.